The number of hydrogen-bond donors (Lipinski definition) is 3. The van der Waals surface area contributed by atoms with Gasteiger partial charge in [0.1, 0.15) is 31.0 Å². The fourth-order valence-corrected chi connectivity index (χ4v) is 13.1. The number of aliphatic hydroxyl groups is 3. The van der Waals surface area contributed by atoms with Crippen molar-refractivity contribution in [1.29, 1.82) is 0 Å². The lowest BCUT2D eigenvalue weighted by Gasteiger charge is -2.58. The van der Waals surface area contributed by atoms with Crippen molar-refractivity contribution in [2.45, 2.75) is 252 Å². The van der Waals surface area contributed by atoms with Gasteiger partial charge in [-0.05, 0) is 142 Å². The topological polar surface area (TPSA) is 105 Å². The summed E-state index contributed by atoms with van der Waals surface area (Å²) in [6.45, 7) is 16.7. The smallest absolute Gasteiger partial charge is 0.305 e. The minimum absolute atomic E-state index is 0.152. The summed E-state index contributed by atoms with van der Waals surface area (Å²) in [6, 6.07) is 0. The number of carbonyl (C=O) groups excluding carboxylic acids is 1. The van der Waals surface area contributed by atoms with Gasteiger partial charge < -0.3 is 29.5 Å². The molecule has 0 aromatic rings. The van der Waals surface area contributed by atoms with Crippen LogP contribution in [0.2, 0.25) is 0 Å². The van der Waals surface area contributed by atoms with E-state index >= 15 is 0 Å². The molecule has 7 nitrogen and oxygen atoms in total. The van der Waals surface area contributed by atoms with E-state index in [0.29, 0.717) is 35.5 Å². The van der Waals surface area contributed by atoms with Crippen LogP contribution >= 0.6 is 0 Å². The maximum absolute atomic E-state index is 12.7. The Bertz CT molecular complexity index is 1500. The summed E-state index contributed by atoms with van der Waals surface area (Å²) >= 11 is 0. The van der Waals surface area contributed by atoms with Crippen LogP contribution < -0.4 is 0 Å². The Labute approximate surface area is 398 Å². The van der Waals surface area contributed by atoms with E-state index < -0.39 is 30.7 Å². The number of ether oxygens (including phenoxy) is 3. The lowest BCUT2D eigenvalue weighted by atomic mass is 9.47. The molecular weight excluding hydrogens is 809 g/mol. The average Bonchev–Trinajstić information content (AvgIpc) is 3.65. The molecule has 4 fully saturated rings. The number of carbonyl (C=O) groups is 1. The second-order valence-corrected chi connectivity index (χ2v) is 22.6. The Kier molecular flexibility index (Phi) is 22.9. The second kappa shape index (κ2) is 27.4. The van der Waals surface area contributed by atoms with Gasteiger partial charge in [0, 0.05) is 6.42 Å². The highest BCUT2D eigenvalue weighted by Gasteiger charge is 2.59. The molecule has 65 heavy (non-hydrogen) atoms. The molecule has 5 aliphatic rings. The number of rotatable bonds is 28. The molecule has 0 amide bonds. The van der Waals surface area contributed by atoms with Crippen molar-refractivity contribution >= 4 is 5.97 Å². The summed E-state index contributed by atoms with van der Waals surface area (Å²) in [5.74, 6) is 4.53. The van der Waals surface area contributed by atoms with E-state index in [1.807, 2.05) is 0 Å². The van der Waals surface area contributed by atoms with Gasteiger partial charge >= 0.3 is 5.97 Å². The average molecular weight is 907 g/mol. The van der Waals surface area contributed by atoms with Crippen molar-refractivity contribution in [3.05, 3.63) is 48.1 Å². The van der Waals surface area contributed by atoms with Crippen LogP contribution in [-0.2, 0) is 19.0 Å². The molecule has 1 heterocycles. The number of fused-ring (bicyclic) bond motifs is 5. The summed E-state index contributed by atoms with van der Waals surface area (Å²) in [6.07, 6.45) is 40.6. The molecule has 14 unspecified atom stereocenters. The van der Waals surface area contributed by atoms with Crippen LogP contribution in [0.1, 0.15) is 215 Å². The third-order valence-electron chi connectivity index (χ3n) is 17.8. The predicted octanol–water partition coefficient (Wildman–Crippen LogP) is 13.9. The van der Waals surface area contributed by atoms with Gasteiger partial charge in [-0.25, -0.2) is 0 Å². The molecule has 14 atom stereocenters. The highest BCUT2D eigenvalue weighted by atomic mass is 16.7. The molecule has 7 heteroatoms. The van der Waals surface area contributed by atoms with Crippen LogP contribution in [0, 0.1) is 52.3 Å². The minimum atomic E-state index is -1.45. The Morgan fingerprint density at radius 3 is 2.06 bits per heavy atom. The molecule has 1 saturated heterocycles. The Morgan fingerprint density at radius 1 is 0.754 bits per heavy atom. The Hall–Kier alpha value is -1.77. The van der Waals surface area contributed by atoms with Crippen LogP contribution in [0.4, 0.5) is 0 Å². The summed E-state index contributed by atoms with van der Waals surface area (Å²) < 4.78 is 18.1. The lowest BCUT2D eigenvalue weighted by Crippen LogP contribution is -2.60. The minimum Gasteiger partial charge on any atom is -0.463 e. The lowest BCUT2D eigenvalue weighted by molar-refractivity contribution is -0.313. The standard InChI is InChI=1S/C58H98O7/c1-8-9-10-11-12-13-14-15-16-17-18-19-20-21-22-23-24-25-26-27-28-29-52(59)63-41-51-53(60)54(61)55(62)56(65-51)64-46-36-38-57(6)45(40-46)32-33-47-49-35-34-48(58(49,7)39-37-50(47)57)44(5)31-30-43(4)42(2)3/h14-15,17-18,30-32,42-44,46-51,53-56,60-62H,8-13,16,19-29,33-41H2,1-7H3/b15-14-,18-17-,31-30+. The van der Waals surface area contributed by atoms with E-state index in [0.717, 1.165) is 69.1 Å². The van der Waals surface area contributed by atoms with E-state index in [1.165, 1.54) is 115 Å². The predicted molar refractivity (Wildman–Crippen MR) is 267 cm³/mol. The maximum Gasteiger partial charge on any atom is 0.305 e. The van der Waals surface area contributed by atoms with Gasteiger partial charge in [0.2, 0.25) is 0 Å². The molecule has 0 radical (unpaired) electrons. The quantitative estimate of drug-likeness (QED) is 0.0408. The first-order valence-electron chi connectivity index (χ1n) is 27.5. The largest absolute Gasteiger partial charge is 0.463 e. The second-order valence-electron chi connectivity index (χ2n) is 22.6. The van der Waals surface area contributed by atoms with Gasteiger partial charge in [-0.15, -0.1) is 0 Å². The SMILES string of the molecule is CCCCCCC/C=C\C/C=C\CCCCCCCCCCCC(=O)OCC1OC(OC2CCC3(C)C(=CCC4C3CCC3(C)C(C(C)/C=C/C(C)C(C)C)CCC43)C2)C(O)C(O)C1O. The van der Waals surface area contributed by atoms with Crippen molar-refractivity contribution in [3.8, 4) is 0 Å². The first-order chi connectivity index (χ1) is 31.3. The van der Waals surface area contributed by atoms with E-state index in [-0.39, 0.29) is 24.1 Å². The molecular formula is C58H98O7. The highest BCUT2D eigenvalue weighted by molar-refractivity contribution is 5.69. The zero-order valence-corrected chi connectivity index (χ0v) is 42.6. The van der Waals surface area contributed by atoms with Gasteiger partial charge in [-0.1, -0.05) is 167 Å². The first-order valence-corrected chi connectivity index (χ1v) is 27.5. The van der Waals surface area contributed by atoms with Gasteiger partial charge in [0.25, 0.3) is 0 Å². The van der Waals surface area contributed by atoms with Crippen LogP contribution in [0.15, 0.2) is 48.1 Å². The third kappa shape index (κ3) is 15.4. The Morgan fingerprint density at radius 2 is 1.40 bits per heavy atom. The zero-order chi connectivity index (χ0) is 46.8. The summed E-state index contributed by atoms with van der Waals surface area (Å²) in [7, 11) is 0. The van der Waals surface area contributed by atoms with Gasteiger partial charge in [-0.3, -0.25) is 4.79 Å². The number of allylic oxidation sites excluding steroid dienone is 7. The number of unbranched alkanes of at least 4 members (excludes halogenated alkanes) is 14. The van der Waals surface area contributed by atoms with E-state index in [9.17, 15) is 20.1 Å². The molecule has 0 aromatic carbocycles. The molecule has 5 rings (SSSR count). The van der Waals surface area contributed by atoms with Gasteiger partial charge in [-0.2, -0.15) is 0 Å². The summed E-state index contributed by atoms with van der Waals surface area (Å²) in [4.78, 5) is 12.7. The zero-order valence-electron chi connectivity index (χ0n) is 42.6. The fraction of sp³-hybridized carbons (Fsp3) is 0.845. The van der Waals surface area contributed by atoms with Crippen molar-refractivity contribution in [3.63, 3.8) is 0 Å². The molecule has 4 aliphatic carbocycles. The van der Waals surface area contributed by atoms with Crippen molar-refractivity contribution in [1.82, 2.24) is 0 Å². The maximum atomic E-state index is 12.7. The van der Waals surface area contributed by atoms with Crippen molar-refractivity contribution in [2.75, 3.05) is 6.61 Å². The van der Waals surface area contributed by atoms with E-state index in [2.05, 4.69) is 91.0 Å². The van der Waals surface area contributed by atoms with E-state index in [4.69, 9.17) is 14.2 Å². The van der Waals surface area contributed by atoms with E-state index in [1.54, 1.807) is 0 Å². The highest BCUT2D eigenvalue weighted by Crippen LogP contribution is 2.67. The van der Waals surface area contributed by atoms with Gasteiger partial charge in [0.15, 0.2) is 6.29 Å². The van der Waals surface area contributed by atoms with Crippen LogP contribution in [-0.4, -0.2) is 64.7 Å². The molecule has 0 aromatic heterocycles. The number of aliphatic hydroxyl groups excluding tert-OH is 3. The fourth-order valence-electron chi connectivity index (χ4n) is 13.1. The summed E-state index contributed by atoms with van der Waals surface area (Å²) in [5.41, 5.74) is 2.04. The number of hydrogen-bond acceptors (Lipinski definition) is 7. The molecule has 3 saturated carbocycles. The summed E-state index contributed by atoms with van der Waals surface area (Å²) in [5, 5.41) is 32.6. The van der Waals surface area contributed by atoms with Crippen LogP contribution in [0.25, 0.3) is 0 Å². The monoisotopic (exact) mass is 907 g/mol. The van der Waals surface area contributed by atoms with Crippen molar-refractivity contribution < 1.29 is 34.3 Å². The van der Waals surface area contributed by atoms with Crippen LogP contribution in [0.3, 0.4) is 0 Å². The third-order valence-corrected chi connectivity index (χ3v) is 17.8. The molecule has 372 valence electrons. The van der Waals surface area contributed by atoms with Crippen molar-refractivity contribution in [2.24, 2.45) is 52.3 Å². The van der Waals surface area contributed by atoms with Crippen LogP contribution in [0.5, 0.6) is 0 Å². The Balaban J connectivity index is 0.949. The van der Waals surface area contributed by atoms with Gasteiger partial charge in [0.05, 0.1) is 6.10 Å². The number of esters is 1. The molecule has 0 spiro atoms. The molecule has 1 aliphatic heterocycles. The normalized spacial score (nSPS) is 34.8. The first kappa shape index (κ1) is 54.2. The molecule has 0 bridgehead atoms. The molecule has 3 N–H and O–H groups in total.